The molecular formula is C16H30. The summed E-state index contributed by atoms with van der Waals surface area (Å²) in [5.41, 5.74) is 0. The first-order valence-electron chi connectivity index (χ1n) is 7.76. The van der Waals surface area contributed by atoms with Crippen LogP contribution in [0.15, 0.2) is 0 Å². The van der Waals surface area contributed by atoms with Crippen LogP contribution in [0, 0.1) is 29.6 Å². The third-order valence-corrected chi connectivity index (χ3v) is 5.60. The monoisotopic (exact) mass is 222 g/mol. The van der Waals surface area contributed by atoms with E-state index in [0.717, 1.165) is 29.6 Å². The fourth-order valence-electron chi connectivity index (χ4n) is 4.68. The van der Waals surface area contributed by atoms with Crippen molar-refractivity contribution in [1.29, 1.82) is 0 Å². The average Bonchev–Trinajstić information content (AvgIpc) is 2.74. The Morgan fingerprint density at radius 1 is 1.06 bits per heavy atom. The summed E-state index contributed by atoms with van der Waals surface area (Å²) in [6.07, 6.45) is 12.0. The minimum Gasteiger partial charge on any atom is -0.0654 e. The SMILES string of the molecule is CCCC(C)C1CC2CCCC2CC1CC. The predicted molar refractivity (Wildman–Crippen MR) is 71.4 cm³/mol. The maximum atomic E-state index is 2.52. The van der Waals surface area contributed by atoms with Crippen LogP contribution in [-0.4, -0.2) is 0 Å². The lowest BCUT2D eigenvalue weighted by atomic mass is 9.64. The lowest BCUT2D eigenvalue weighted by Gasteiger charge is -2.41. The lowest BCUT2D eigenvalue weighted by molar-refractivity contribution is 0.0857. The van der Waals surface area contributed by atoms with Crippen LogP contribution in [0.5, 0.6) is 0 Å². The predicted octanol–water partition coefficient (Wildman–Crippen LogP) is 5.28. The summed E-state index contributed by atoms with van der Waals surface area (Å²) in [4.78, 5) is 0. The molecule has 2 rings (SSSR count). The van der Waals surface area contributed by atoms with Gasteiger partial charge in [0.25, 0.3) is 0 Å². The Bertz CT molecular complexity index is 208. The summed E-state index contributed by atoms with van der Waals surface area (Å²) < 4.78 is 0. The molecule has 2 aliphatic rings. The summed E-state index contributed by atoms with van der Waals surface area (Å²) in [7, 11) is 0. The molecule has 0 heterocycles. The third kappa shape index (κ3) is 2.46. The molecule has 0 aliphatic heterocycles. The molecule has 0 amide bonds. The molecule has 0 spiro atoms. The third-order valence-electron chi connectivity index (χ3n) is 5.60. The molecular weight excluding hydrogens is 192 g/mol. The summed E-state index contributed by atoms with van der Waals surface area (Å²) in [5, 5.41) is 0. The van der Waals surface area contributed by atoms with E-state index in [1.807, 2.05) is 0 Å². The zero-order valence-electron chi connectivity index (χ0n) is 11.5. The Morgan fingerprint density at radius 3 is 2.38 bits per heavy atom. The minimum atomic E-state index is 0.983. The maximum absolute atomic E-state index is 2.52. The van der Waals surface area contributed by atoms with E-state index in [-0.39, 0.29) is 0 Å². The summed E-state index contributed by atoms with van der Waals surface area (Å²) in [5.74, 6) is 5.34. The highest BCUT2D eigenvalue weighted by Gasteiger charge is 2.39. The van der Waals surface area contributed by atoms with Crippen molar-refractivity contribution >= 4 is 0 Å². The van der Waals surface area contributed by atoms with E-state index in [1.165, 1.54) is 25.7 Å². The first-order valence-corrected chi connectivity index (χ1v) is 7.76. The standard InChI is InChI=1S/C16H30/c1-4-7-12(3)16-11-15-9-6-8-14(15)10-13(16)5-2/h12-16H,4-11H2,1-3H3. The van der Waals surface area contributed by atoms with E-state index in [1.54, 1.807) is 25.7 Å². The van der Waals surface area contributed by atoms with Gasteiger partial charge < -0.3 is 0 Å². The van der Waals surface area contributed by atoms with Gasteiger partial charge in [-0.1, -0.05) is 59.3 Å². The van der Waals surface area contributed by atoms with E-state index in [2.05, 4.69) is 20.8 Å². The molecule has 0 saturated heterocycles. The van der Waals surface area contributed by atoms with Gasteiger partial charge in [0.15, 0.2) is 0 Å². The second-order valence-corrected chi connectivity index (χ2v) is 6.52. The van der Waals surface area contributed by atoms with Crippen LogP contribution in [0.4, 0.5) is 0 Å². The molecule has 2 aliphatic carbocycles. The molecule has 94 valence electrons. The highest BCUT2D eigenvalue weighted by Crippen LogP contribution is 2.50. The Morgan fingerprint density at radius 2 is 1.75 bits per heavy atom. The van der Waals surface area contributed by atoms with Crippen molar-refractivity contribution in [2.45, 2.75) is 72.1 Å². The Balaban J connectivity index is 1.98. The van der Waals surface area contributed by atoms with Crippen LogP contribution in [0.1, 0.15) is 72.1 Å². The van der Waals surface area contributed by atoms with Crippen LogP contribution in [0.3, 0.4) is 0 Å². The van der Waals surface area contributed by atoms with Gasteiger partial charge in [-0.05, 0) is 42.4 Å². The molecule has 0 aromatic rings. The van der Waals surface area contributed by atoms with Gasteiger partial charge in [-0.2, -0.15) is 0 Å². The number of rotatable bonds is 4. The molecule has 0 heteroatoms. The van der Waals surface area contributed by atoms with E-state index in [0.29, 0.717) is 0 Å². The van der Waals surface area contributed by atoms with Crippen molar-refractivity contribution in [2.24, 2.45) is 29.6 Å². The number of fused-ring (bicyclic) bond motifs is 1. The number of hydrogen-bond donors (Lipinski definition) is 0. The van der Waals surface area contributed by atoms with Gasteiger partial charge in [0, 0.05) is 0 Å². The van der Waals surface area contributed by atoms with Gasteiger partial charge >= 0.3 is 0 Å². The van der Waals surface area contributed by atoms with Gasteiger partial charge in [0.2, 0.25) is 0 Å². The van der Waals surface area contributed by atoms with Gasteiger partial charge in [-0.25, -0.2) is 0 Å². The molecule has 0 N–H and O–H groups in total. The molecule has 0 bridgehead atoms. The highest BCUT2D eigenvalue weighted by atomic mass is 14.4. The van der Waals surface area contributed by atoms with E-state index < -0.39 is 0 Å². The second-order valence-electron chi connectivity index (χ2n) is 6.52. The lowest BCUT2D eigenvalue weighted by Crippen LogP contribution is -2.32. The fraction of sp³-hybridized carbons (Fsp3) is 1.00. The Hall–Kier alpha value is 0. The van der Waals surface area contributed by atoms with Crippen LogP contribution in [0.2, 0.25) is 0 Å². The molecule has 5 unspecified atom stereocenters. The molecule has 0 nitrogen and oxygen atoms in total. The van der Waals surface area contributed by atoms with E-state index in [9.17, 15) is 0 Å². The quantitative estimate of drug-likeness (QED) is 0.607. The van der Waals surface area contributed by atoms with Gasteiger partial charge in [-0.3, -0.25) is 0 Å². The van der Waals surface area contributed by atoms with Crippen molar-refractivity contribution in [2.75, 3.05) is 0 Å². The molecule has 5 atom stereocenters. The fourth-order valence-corrected chi connectivity index (χ4v) is 4.68. The van der Waals surface area contributed by atoms with Gasteiger partial charge in [-0.15, -0.1) is 0 Å². The van der Waals surface area contributed by atoms with Crippen molar-refractivity contribution < 1.29 is 0 Å². The van der Waals surface area contributed by atoms with Gasteiger partial charge in [0.05, 0.1) is 0 Å². The Kier molecular flexibility index (Phi) is 4.33. The average molecular weight is 222 g/mol. The van der Waals surface area contributed by atoms with Gasteiger partial charge in [0.1, 0.15) is 0 Å². The largest absolute Gasteiger partial charge is 0.0654 e. The van der Waals surface area contributed by atoms with E-state index >= 15 is 0 Å². The van der Waals surface area contributed by atoms with Crippen molar-refractivity contribution in [3.05, 3.63) is 0 Å². The number of hydrogen-bond acceptors (Lipinski definition) is 0. The maximum Gasteiger partial charge on any atom is -0.0357 e. The van der Waals surface area contributed by atoms with E-state index in [4.69, 9.17) is 0 Å². The molecule has 16 heavy (non-hydrogen) atoms. The molecule has 2 fully saturated rings. The Labute approximate surface area is 102 Å². The van der Waals surface area contributed by atoms with Crippen LogP contribution >= 0.6 is 0 Å². The minimum absolute atomic E-state index is 0.983. The summed E-state index contributed by atoms with van der Waals surface area (Å²) >= 11 is 0. The van der Waals surface area contributed by atoms with Crippen LogP contribution in [0.25, 0.3) is 0 Å². The summed E-state index contributed by atoms with van der Waals surface area (Å²) in [6, 6.07) is 0. The first kappa shape index (κ1) is 12.5. The first-order chi connectivity index (χ1) is 7.76. The second kappa shape index (κ2) is 5.56. The topological polar surface area (TPSA) is 0 Å². The molecule has 0 aromatic carbocycles. The van der Waals surface area contributed by atoms with Crippen LogP contribution < -0.4 is 0 Å². The molecule has 0 aromatic heterocycles. The zero-order chi connectivity index (χ0) is 11.5. The van der Waals surface area contributed by atoms with Crippen molar-refractivity contribution in [3.63, 3.8) is 0 Å². The molecule has 0 radical (unpaired) electrons. The normalized spacial score (nSPS) is 40.7. The highest BCUT2D eigenvalue weighted by molar-refractivity contribution is 4.90. The zero-order valence-corrected chi connectivity index (χ0v) is 11.5. The van der Waals surface area contributed by atoms with Crippen molar-refractivity contribution in [1.82, 2.24) is 0 Å². The van der Waals surface area contributed by atoms with Crippen molar-refractivity contribution in [3.8, 4) is 0 Å². The smallest absolute Gasteiger partial charge is 0.0357 e. The summed E-state index contributed by atoms with van der Waals surface area (Å²) in [6.45, 7) is 7.29. The van der Waals surface area contributed by atoms with Crippen LogP contribution in [-0.2, 0) is 0 Å². The molecule has 2 saturated carbocycles.